The van der Waals surface area contributed by atoms with Gasteiger partial charge in [0.1, 0.15) is 17.2 Å². The van der Waals surface area contributed by atoms with Crippen LogP contribution in [0.2, 0.25) is 0 Å². The number of benzene rings is 2. The molecule has 0 saturated heterocycles. The predicted molar refractivity (Wildman–Crippen MR) is 101 cm³/mol. The number of methoxy groups -OCH3 is 1. The lowest BCUT2D eigenvalue weighted by Gasteiger charge is -2.15. The number of hydrogen-bond donors (Lipinski definition) is 1. The Bertz CT molecular complexity index is 1010. The van der Waals surface area contributed by atoms with E-state index in [4.69, 9.17) is 13.9 Å². The van der Waals surface area contributed by atoms with E-state index in [1.54, 1.807) is 19.9 Å². The van der Waals surface area contributed by atoms with Crippen LogP contribution in [-0.2, 0) is 11.3 Å². The van der Waals surface area contributed by atoms with Crippen LogP contribution in [0.4, 0.5) is 8.78 Å². The Morgan fingerprint density at radius 2 is 1.89 bits per heavy atom. The fourth-order valence-electron chi connectivity index (χ4n) is 3.02. The summed E-state index contributed by atoms with van der Waals surface area (Å²) in [5, 5.41) is 2.51. The fourth-order valence-corrected chi connectivity index (χ4v) is 3.02. The van der Waals surface area contributed by atoms with Gasteiger partial charge < -0.3 is 19.2 Å². The first-order valence-corrected chi connectivity index (χ1v) is 8.78. The van der Waals surface area contributed by atoms with Crippen LogP contribution in [0.5, 0.6) is 5.75 Å². The molecule has 148 valence electrons. The van der Waals surface area contributed by atoms with Crippen LogP contribution in [0.1, 0.15) is 29.8 Å². The van der Waals surface area contributed by atoms with Crippen molar-refractivity contribution in [2.75, 3.05) is 14.2 Å². The summed E-state index contributed by atoms with van der Waals surface area (Å²) in [6.07, 6.45) is -0.283. The van der Waals surface area contributed by atoms with E-state index in [1.807, 2.05) is 0 Å². The molecule has 0 atom stereocenters. The molecule has 0 saturated carbocycles. The Morgan fingerprint density at radius 3 is 2.46 bits per heavy atom. The molecule has 1 heterocycles. The van der Waals surface area contributed by atoms with Gasteiger partial charge in [0, 0.05) is 25.3 Å². The zero-order chi connectivity index (χ0) is 20.4. The van der Waals surface area contributed by atoms with E-state index in [0.717, 1.165) is 0 Å². The third-order valence-corrected chi connectivity index (χ3v) is 4.17. The standard InChI is InChI=1S/C21H21F2NO4/c1-11(2)27-20-13(10-26-4)9-15-16(18(20)23)17(21(25)24-3)19(28-15)12-5-7-14(22)8-6-12/h5-9,11H,10H2,1-4H3,(H,24,25). The van der Waals surface area contributed by atoms with Crippen molar-refractivity contribution in [1.29, 1.82) is 0 Å². The molecule has 3 rings (SSSR count). The van der Waals surface area contributed by atoms with Crippen molar-refractivity contribution < 1.29 is 27.5 Å². The third-order valence-electron chi connectivity index (χ3n) is 4.17. The maximum Gasteiger partial charge on any atom is 0.255 e. The maximum atomic E-state index is 15.5. The Morgan fingerprint density at radius 1 is 1.21 bits per heavy atom. The van der Waals surface area contributed by atoms with E-state index in [2.05, 4.69) is 5.32 Å². The number of rotatable bonds is 6. The minimum Gasteiger partial charge on any atom is -0.488 e. The molecule has 1 aromatic heterocycles. The van der Waals surface area contributed by atoms with Crippen LogP contribution in [0.3, 0.4) is 0 Å². The Kier molecular flexibility index (Phi) is 5.65. The van der Waals surface area contributed by atoms with Gasteiger partial charge in [-0.05, 0) is 44.2 Å². The van der Waals surface area contributed by atoms with E-state index < -0.39 is 17.5 Å². The normalized spacial score (nSPS) is 11.2. The van der Waals surface area contributed by atoms with Gasteiger partial charge in [-0.3, -0.25) is 4.79 Å². The quantitative estimate of drug-likeness (QED) is 0.666. The Hall–Kier alpha value is -2.93. The second-order valence-electron chi connectivity index (χ2n) is 6.54. The third kappa shape index (κ3) is 3.57. The highest BCUT2D eigenvalue weighted by atomic mass is 19.1. The number of amides is 1. The van der Waals surface area contributed by atoms with Gasteiger partial charge in [-0.2, -0.15) is 0 Å². The first-order chi connectivity index (χ1) is 13.4. The molecule has 0 spiro atoms. The number of furan rings is 1. The lowest BCUT2D eigenvalue weighted by atomic mass is 10.0. The van der Waals surface area contributed by atoms with Crippen molar-refractivity contribution in [2.45, 2.75) is 26.6 Å². The van der Waals surface area contributed by atoms with Gasteiger partial charge in [-0.15, -0.1) is 0 Å². The van der Waals surface area contributed by atoms with Gasteiger partial charge in [0.05, 0.1) is 23.7 Å². The summed E-state index contributed by atoms with van der Waals surface area (Å²) in [6, 6.07) is 7.03. The Labute approximate surface area is 161 Å². The highest BCUT2D eigenvalue weighted by Gasteiger charge is 2.28. The van der Waals surface area contributed by atoms with Crippen molar-refractivity contribution in [3.8, 4) is 17.1 Å². The summed E-state index contributed by atoms with van der Waals surface area (Å²) in [6.45, 7) is 3.66. The zero-order valence-corrected chi connectivity index (χ0v) is 16.1. The molecule has 0 aliphatic carbocycles. The van der Waals surface area contributed by atoms with Crippen LogP contribution < -0.4 is 10.1 Å². The molecule has 0 bridgehead atoms. The molecule has 5 nitrogen and oxygen atoms in total. The number of halogens is 2. The molecule has 1 N–H and O–H groups in total. The zero-order valence-electron chi connectivity index (χ0n) is 16.1. The van der Waals surface area contributed by atoms with Crippen LogP contribution in [-0.4, -0.2) is 26.2 Å². The summed E-state index contributed by atoms with van der Waals surface area (Å²) in [5.41, 5.74) is 1.12. The predicted octanol–water partition coefficient (Wildman–Crippen LogP) is 4.67. The largest absolute Gasteiger partial charge is 0.488 e. The van der Waals surface area contributed by atoms with Crippen LogP contribution in [0, 0.1) is 11.6 Å². The van der Waals surface area contributed by atoms with Gasteiger partial charge in [0.2, 0.25) is 0 Å². The Balaban J connectivity index is 2.35. The highest BCUT2D eigenvalue weighted by Crippen LogP contribution is 2.40. The molecule has 3 aromatic rings. The van der Waals surface area contributed by atoms with Gasteiger partial charge in [0.15, 0.2) is 11.6 Å². The molecule has 0 fully saturated rings. The lowest BCUT2D eigenvalue weighted by molar-refractivity contribution is 0.0964. The molecule has 0 aliphatic rings. The first kappa shape index (κ1) is 19.8. The molecule has 2 aromatic carbocycles. The van der Waals surface area contributed by atoms with E-state index >= 15 is 4.39 Å². The molecule has 0 unspecified atom stereocenters. The monoisotopic (exact) mass is 389 g/mol. The summed E-state index contributed by atoms with van der Waals surface area (Å²) in [5.74, 6) is -1.48. The molecule has 0 aliphatic heterocycles. The van der Waals surface area contributed by atoms with Crippen LogP contribution in [0.25, 0.3) is 22.3 Å². The van der Waals surface area contributed by atoms with Gasteiger partial charge >= 0.3 is 0 Å². The number of carbonyl (C=O) groups excluding carboxylic acids is 1. The van der Waals surface area contributed by atoms with Gasteiger partial charge in [-0.25, -0.2) is 8.78 Å². The van der Waals surface area contributed by atoms with Gasteiger partial charge in [-0.1, -0.05) is 0 Å². The number of ether oxygens (including phenoxy) is 2. The number of carbonyl (C=O) groups is 1. The number of nitrogens with one attached hydrogen (secondary N) is 1. The maximum absolute atomic E-state index is 15.5. The first-order valence-electron chi connectivity index (χ1n) is 8.78. The molecule has 0 radical (unpaired) electrons. The molecular weight excluding hydrogens is 368 g/mol. The summed E-state index contributed by atoms with van der Waals surface area (Å²) in [7, 11) is 2.93. The van der Waals surface area contributed by atoms with Crippen molar-refractivity contribution in [3.05, 3.63) is 53.1 Å². The SMILES string of the molecule is CNC(=O)c1c(-c2ccc(F)cc2)oc2cc(COC)c(OC(C)C)c(F)c12. The summed E-state index contributed by atoms with van der Waals surface area (Å²) < 4.78 is 45.4. The number of hydrogen-bond acceptors (Lipinski definition) is 4. The molecule has 1 amide bonds. The van der Waals surface area contributed by atoms with Crippen molar-refractivity contribution >= 4 is 16.9 Å². The topological polar surface area (TPSA) is 60.7 Å². The second-order valence-corrected chi connectivity index (χ2v) is 6.54. The second kappa shape index (κ2) is 7.98. The van der Waals surface area contributed by atoms with E-state index in [1.165, 1.54) is 38.4 Å². The number of fused-ring (bicyclic) bond motifs is 1. The fraction of sp³-hybridized carbons (Fsp3) is 0.286. The summed E-state index contributed by atoms with van der Waals surface area (Å²) >= 11 is 0. The molecule has 28 heavy (non-hydrogen) atoms. The van der Waals surface area contributed by atoms with Crippen LogP contribution >= 0.6 is 0 Å². The average molecular weight is 389 g/mol. The van der Waals surface area contributed by atoms with Crippen molar-refractivity contribution in [1.82, 2.24) is 5.32 Å². The van der Waals surface area contributed by atoms with Crippen LogP contribution in [0.15, 0.2) is 34.7 Å². The lowest BCUT2D eigenvalue weighted by Crippen LogP contribution is -2.18. The van der Waals surface area contributed by atoms with Gasteiger partial charge in [0.25, 0.3) is 5.91 Å². The van der Waals surface area contributed by atoms with Crippen molar-refractivity contribution in [3.63, 3.8) is 0 Å². The van der Waals surface area contributed by atoms with E-state index in [9.17, 15) is 9.18 Å². The molecule has 7 heteroatoms. The summed E-state index contributed by atoms with van der Waals surface area (Å²) in [4.78, 5) is 12.6. The van der Waals surface area contributed by atoms with E-state index in [-0.39, 0.29) is 40.8 Å². The average Bonchev–Trinajstić information content (AvgIpc) is 3.04. The minimum absolute atomic E-state index is 0.00850. The molecular formula is C21H21F2NO4. The minimum atomic E-state index is -0.700. The smallest absolute Gasteiger partial charge is 0.255 e. The van der Waals surface area contributed by atoms with Crippen molar-refractivity contribution in [2.24, 2.45) is 0 Å². The van der Waals surface area contributed by atoms with E-state index in [0.29, 0.717) is 11.1 Å². The highest BCUT2D eigenvalue weighted by molar-refractivity contribution is 6.11.